The number of nitrogens with one attached hydrogen (secondary N) is 1. The van der Waals surface area contributed by atoms with Crippen LogP contribution in [0, 0.1) is 0 Å². The number of amides is 1. The Morgan fingerprint density at radius 3 is 2.94 bits per heavy atom. The fraction of sp³-hybridized carbons (Fsp3) is 0.545. The van der Waals surface area contributed by atoms with E-state index in [0.717, 1.165) is 18.8 Å². The maximum atomic E-state index is 12.1. The molecule has 0 saturated carbocycles. The smallest absolute Gasteiger partial charge is 0.274 e. The Hall–Kier alpha value is -1.30. The van der Waals surface area contributed by atoms with E-state index in [2.05, 4.69) is 22.4 Å². The molecule has 5 nitrogen and oxygen atoms in total. The summed E-state index contributed by atoms with van der Waals surface area (Å²) in [5.41, 5.74) is 0.420. The largest absolute Gasteiger partial charge is 0.372 e. The van der Waals surface area contributed by atoms with Gasteiger partial charge < -0.3 is 10.2 Å². The molecule has 0 radical (unpaired) electrons. The lowest BCUT2D eigenvalue weighted by molar-refractivity contribution is 0.0756. The number of hydrogen-bond donors (Lipinski definition) is 1. The molecule has 0 aliphatic carbocycles. The summed E-state index contributed by atoms with van der Waals surface area (Å²) in [6, 6.07) is 3.48. The van der Waals surface area contributed by atoms with Gasteiger partial charge in [-0.15, -0.1) is 10.2 Å². The highest BCUT2D eigenvalue weighted by Gasteiger charge is 2.23. The molecule has 17 heavy (non-hydrogen) atoms. The molecule has 1 unspecified atom stereocenters. The second-order valence-corrected chi connectivity index (χ2v) is 5.53. The van der Waals surface area contributed by atoms with Gasteiger partial charge in [-0.05, 0) is 12.1 Å². The van der Waals surface area contributed by atoms with Gasteiger partial charge in [-0.2, -0.15) is 11.8 Å². The van der Waals surface area contributed by atoms with Gasteiger partial charge in [0.05, 0.1) is 0 Å². The van der Waals surface area contributed by atoms with Gasteiger partial charge in [-0.1, -0.05) is 6.92 Å². The van der Waals surface area contributed by atoms with Crippen LogP contribution in [0.4, 0.5) is 5.82 Å². The van der Waals surface area contributed by atoms with Crippen LogP contribution in [0.1, 0.15) is 17.4 Å². The molecule has 0 bridgehead atoms. The summed E-state index contributed by atoms with van der Waals surface area (Å²) in [7, 11) is 1.77. The van der Waals surface area contributed by atoms with E-state index in [-0.39, 0.29) is 5.91 Å². The second kappa shape index (κ2) is 5.35. The van der Waals surface area contributed by atoms with Crippen molar-refractivity contribution in [2.45, 2.75) is 12.2 Å². The second-order valence-electron chi connectivity index (χ2n) is 3.99. The van der Waals surface area contributed by atoms with Crippen LogP contribution in [0.25, 0.3) is 0 Å². The molecule has 1 N–H and O–H groups in total. The number of aromatic nitrogens is 2. The molecule has 1 saturated heterocycles. The molecule has 1 aliphatic heterocycles. The van der Waals surface area contributed by atoms with Crippen molar-refractivity contribution in [3.63, 3.8) is 0 Å². The summed E-state index contributed by atoms with van der Waals surface area (Å²) in [5.74, 6) is 1.64. The average Bonchev–Trinajstić information content (AvgIpc) is 2.38. The Bertz CT molecular complexity index is 395. The van der Waals surface area contributed by atoms with Gasteiger partial charge in [0.2, 0.25) is 0 Å². The number of nitrogens with zero attached hydrogens (tertiary/aromatic N) is 3. The first-order valence-electron chi connectivity index (χ1n) is 5.63. The van der Waals surface area contributed by atoms with Gasteiger partial charge >= 0.3 is 0 Å². The third kappa shape index (κ3) is 2.88. The minimum Gasteiger partial charge on any atom is -0.372 e. The lowest BCUT2D eigenvalue weighted by atomic mass is 10.3. The maximum absolute atomic E-state index is 12.1. The molecule has 92 valence electrons. The fourth-order valence-corrected chi connectivity index (χ4v) is 2.76. The molecule has 1 atom stereocenters. The zero-order valence-electron chi connectivity index (χ0n) is 10.0. The van der Waals surface area contributed by atoms with Crippen molar-refractivity contribution < 1.29 is 4.79 Å². The molecular weight excluding hydrogens is 236 g/mol. The van der Waals surface area contributed by atoms with E-state index in [1.54, 1.807) is 19.2 Å². The third-order valence-electron chi connectivity index (χ3n) is 2.67. The third-order valence-corrected chi connectivity index (χ3v) is 3.80. The zero-order valence-corrected chi connectivity index (χ0v) is 10.8. The van der Waals surface area contributed by atoms with Gasteiger partial charge in [0, 0.05) is 31.1 Å². The predicted octanol–water partition coefficient (Wildman–Crippen LogP) is 1.10. The Balaban J connectivity index is 2.07. The monoisotopic (exact) mass is 252 g/mol. The Morgan fingerprint density at radius 1 is 1.53 bits per heavy atom. The number of anilines is 1. The first-order chi connectivity index (χ1) is 8.20. The van der Waals surface area contributed by atoms with Crippen molar-refractivity contribution in [3.8, 4) is 0 Å². The van der Waals surface area contributed by atoms with Crippen molar-refractivity contribution in [2.75, 3.05) is 31.2 Å². The summed E-state index contributed by atoms with van der Waals surface area (Å²) in [4.78, 5) is 14.0. The minimum atomic E-state index is -0.0210. The van der Waals surface area contributed by atoms with E-state index in [0.29, 0.717) is 16.8 Å². The highest BCUT2D eigenvalue weighted by molar-refractivity contribution is 7.99. The van der Waals surface area contributed by atoms with E-state index >= 15 is 0 Å². The molecule has 1 fully saturated rings. The molecule has 2 heterocycles. The summed E-state index contributed by atoms with van der Waals surface area (Å²) < 4.78 is 0. The standard InChI is InChI=1S/C11H16N4OS/c1-8-7-15(5-6-17-8)11(16)9-3-4-10(12-2)14-13-9/h3-4,8H,5-7H2,1-2H3,(H,12,14). The van der Waals surface area contributed by atoms with Gasteiger partial charge in [0.25, 0.3) is 5.91 Å². The number of carbonyl (C=O) groups is 1. The molecular formula is C11H16N4OS. The molecule has 1 aromatic rings. The van der Waals surface area contributed by atoms with Crippen LogP contribution in [0.15, 0.2) is 12.1 Å². The first-order valence-corrected chi connectivity index (χ1v) is 6.68. The van der Waals surface area contributed by atoms with Crippen molar-refractivity contribution in [2.24, 2.45) is 0 Å². The summed E-state index contributed by atoms with van der Waals surface area (Å²) in [6.45, 7) is 3.72. The number of thioether (sulfide) groups is 1. The molecule has 0 spiro atoms. The molecule has 2 rings (SSSR count). The minimum absolute atomic E-state index is 0.0210. The van der Waals surface area contributed by atoms with Gasteiger partial charge in [-0.25, -0.2) is 0 Å². The van der Waals surface area contributed by atoms with Crippen LogP contribution >= 0.6 is 11.8 Å². The number of hydrogen-bond acceptors (Lipinski definition) is 5. The van der Waals surface area contributed by atoms with Crippen LogP contribution < -0.4 is 5.32 Å². The lowest BCUT2D eigenvalue weighted by Crippen LogP contribution is -2.41. The van der Waals surface area contributed by atoms with Crippen molar-refractivity contribution >= 4 is 23.5 Å². The number of rotatable bonds is 2. The van der Waals surface area contributed by atoms with E-state index in [4.69, 9.17) is 0 Å². The van der Waals surface area contributed by atoms with Gasteiger partial charge in [0.15, 0.2) is 5.69 Å². The maximum Gasteiger partial charge on any atom is 0.274 e. The van der Waals surface area contributed by atoms with E-state index in [1.807, 2.05) is 16.7 Å². The van der Waals surface area contributed by atoms with E-state index in [1.165, 1.54) is 0 Å². The van der Waals surface area contributed by atoms with Gasteiger partial charge in [0.1, 0.15) is 5.82 Å². The highest BCUT2D eigenvalue weighted by atomic mass is 32.2. The van der Waals surface area contributed by atoms with Crippen molar-refractivity contribution in [1.82, 2.24) is 15.1 Å². The lowest BCUT2D eigenvalue weighted by Gasteiger charge is -2.30. The van der Waals surface area contributed by atoms with Gasteiger partial charge in [-0.3, -0.25) is 4.79 Å². The quantitative estimate of drug-likeness (QED) is 0.854. The Labute approximate surface area is 105 Å². The summed E-state index contributed by atoms with van der Waals surface area (Å²) >= 11 is 1.90. The SMILES string of the molecule is CNc1ccc(C(=O)N2CCSC(C)C2)nn1. The molecule has 0 aromatic carbocycles. The zero-order chi connectivity index (χ0) is 12.3. The molecule has 1 aliphatic rings. The van der Waals surface area contributed by atoms with E-state index < -0.39 is 0 Å². The molecule has 1 amide bonds. The van der Waals surface area contributed by atoms with Crippen LogP contribution in [-0.2, 0) is 0 Å². The van der Waals surface area contributed by atoms with E-state index in [9.17, 15) is 4.79 Å². The summed E-state index contributed by atoms with van der Waals surface area (Å²) in [6.07, 6.45) is 0. The predicted molar refractivity (Wildman–Crippen MR) is 69.4 cm³/mol. The summed E-state index contributed by atoms with van der Waals surface area (Å²) in [5, 5.41) is 11.2. The van der Waals surface area contributed by atoms with Crippen LogP contribution in [0.5, 0.6) is 0 Å². The molecule has 6 heteroatoms. The van der Waals surface area contributed by atoms with Crippen molar-refractivity contribution in [1.29, 1.82) is 0 Å². The average molecular weight is 252 g/mol. The Morgan fingerprint density at radius 2 is 2.35 bits per heavy atom. The Kier molecular flexibility index (Phi) is 3.83. The highest BCUT2D eigenvalue weighted by Crippen LogP contribution is 2.19. The van der Waals surface area contributed by atoms with Crippen LogP contribution in [0.2, 0.25) is 0 Å². The first kappa shape index (κ1) is 12.2. The van der Waals surface area contributed by atoms with Crippen LogP contribution in [0.3, 0.4) is 0 Å². The molecule has 1 aromatic heterocycles. The van der Waals surface area contributed by atoms with Crippen LogP contribution in [-0.4, -0.2) is 52.1 Å². The number of carbonyl (C=O) groups excluding carboxylic acids is 1. The normalized spacial score (nSPS) is 20.1. The van der Waals surface area contributed by atoms with Crippen molar-refractivity contribution in [3.05, 3.63) is 17.8 Å². The fourth-order valence-electron chi connectivity index (χ4n) is 1.74. The topological polar surface area (TPSA) is 58.1 Å².